The first-order valence-corrected chi connectivity index (χ1v) is 11.9. The Kier molecular flexibility index (Phi) is 6.70. The average Bonchev–Trinajstić information content (AvgIpc) is 3.28. The van der Waals surface area contributed by atoms with Crippen LogP contribution in [0, 0.1) is 0 Å². The number of aliphatic hydroxyl groups excluding tert-OH is 2. The summed E-state index contributed by atoms with van der Waals surface area (Å²) >= 11 is 0. The fourth-order valence-corrected chi connectivity index (χ4v) is 4.97. The van der Waals surface area contributed by atoms with Gasteiger partial charge in [0.05, 0.1) is 18.6 Å². The van der Waals surface area contributed by atoms with Crippen LogP contribution in [0.4, 0.5) is 11.4 Å². The van der Waals surface area contributed by atoms with Crippen LogP contribution in [0.3, 0.4) is 0 Å². The Labute approximate surface area is 205 Å². The number of aliphatic hydroxyl groups is 2. The molecule has 0 unspecified atom stereocenters. The Hall–Kier alpha value is -3.80. The second-order valence-corrected chi connectivity index (χ2v) is 8.54. The molecule has 178 valence electrons. The number of nitrogens with zero attached hydrogens (tertiary/aromatic N) is 1. The predicted molar refractivity (Wildman–Crippen MR) is 138 cm³/mol. The van der Waals surface area contributed by atoms with Crippen LogP contribution in [0.15, 0.2) is 103 Å². The van der Waals surface area contributed by atoms with E-state index in [0.29, 0.717) is 0 Å². The molecule has 0 spiro atoms. The molecule has 4 aromatic rings. The molecule has 0 saturated heterocycles. The quantitative estimate of drug-likeness (QED) is 0.366. The van der Waals surface area contributed by atoms with E-state index in [0.717, 1.165) is 34.9 Å². The van der Waals surface area contributed by atoms with Crippen molar-refractivity contribution in [2.45, 2.75) is 5.41 Å². The zero-order valence-corrected chi connectivity index (χ0v) is 19.5. The highest BCUT2D eigenvalue weighted by Gasteiger charge is 2.45. The van der Waals surface area contributed by atoms with E-state index < -0.39 is 5.41 Å². The summed E-state index contributed by atoms with van der Waals surface area (Å²) in [6, 6.07) is 35.4. The first-order valence-electron chi connectivity index (χ1n) is 11.9. The molecule has 4 aromatic carbocycles. The summed E-state index contributed by atoms with van der Waals surface area (Å²) in [5.41, 5.74) is 5.45. The molecule has 0 radical (unpaired) electrons. The molecule has 5 heteroatoms. The second kappa shape index (κ2) is 10.2. The molecule has 0 fully saturated rings. The minimum Gasteiger partial charge on any atom is -0.491 e. The third kappa shape index (κ3) is 4.36. The highest BCUT2D eigenvalue weighted by Crippen LogP contribution is 2.52. The second-order valence-electron chi connectivity index (χ2n) is 8.54. The Morgan fingerprint density at radius 1 is 0.629 bits per heavy atom. The zero-order chi connectivity index (χ0) is 24.1. The number of fused-ring (bicyclic) bond motifs is 1. The van der Waals surface area contributed by atoms with Gasteiger partial charge in [-0.25, -0.2) is 0 Å². The number of ether oxygens (including phenoxy) is 2. The Morgan fingerprint density at radius 2 is 1.14 bits per heavy atom. The topological polar surface area (TPSA) is 62.2 Å². The fraction of sp³-hybridized carbons (Fsp3) is 0.200. The molecular formula is C30H29NO4. The van der Waals surface area contributed by atoms with Gasteiger partial charge in [-0.15, -0.1) is 0 Å². The van der Waals surface area contributed by atoms with Gasteiger partial charge in [0.25, 0.3) is 0 Å². The summed E-state index contributed by atoms with van der Waals surface area (Å²) in [5, 5.41) is 18.2. The van der Waals surface area contributed by atoms with Gasteiger partial charge >= 0.3 is 0 Å². The Morgan fingerprint density at radius 3 is 1.69 bits per heavy atom. The predicted octanol–water partition coefficient (Wildman–Crippen LogP) is 4.91. The normalized spacial score (nSPS) is 13.9. The monoisotopic (exact) mass is 467 g/mol. The molecule has 0 saturated carbocycles. The lowest BCUT2D eigenvalue weighted by Gasteiger charge is -2.32. The summed E-state index contributed by atoms with van der Waals surface area (Å²) in [4.78, 5) is 2.38. The van der Waals surface area contributed by atoms with Crippen molar-refractivity contribution in [3.8, 4) is 11.5 Å². The molecule has 35 heavy (non-hydrogen) atoms. The van der Waals surface area contributed by atoms with Gasteiger partial charge in [-0.3, -0.25) is 0 Å². The number of para-hydroxylation sites is 2. The van der Waals surface area contributed by atoms with E-state index in [1.165, 1.54) is 11.3 Å². The van der Waals surface area contributed by atoms with E-state index in [1.807, 2.05) is 30.3 Å². The lowest BCUT2D eigenvalue weighted by Crippen LogP contribution is -2.34. The maximum Gasteiger partial charge on any atom is 0.119 e. The van der Waals surface area contributed by atoms with Crippen LogP contribution in [0.25, 0.3) is 0 Å². The molecule has 1 aliphatic rings. The van der Waals surface area contributed by atoms with Crippen molar-refractivity contribution in [2.24, 2.45) is 0 Å². The van der Waals surface area contributed by atoms with Crippen LogP contribution in [-0.2, 0) is 5.41 Å². The molecular weight excluding hydrogens is 438 g/mol. The first kappa shape index (κ1) is 23.0. The lowest BCUT2D eigenvalue weighted by molar-refractivity contribution is 0.201. The molecule has 1 heterocycles. The number of hydrogen-bond acceptors (Lipinski definition) is 5. The number of hydrogen-bond donors (Lipinski definition) is 2. The van der Waals surface area contributed by atoms with E-state index in [1.54, 1.807) is 0 Å². The number of rotatable bonds is 9. The largest absolute Gasteiger partial charge is 0.491 e. The summed E-state index contributed by atoms with van der Waals surface area (Å²) < 4.78 is 11.3. The van der Waals surface area contributed by atoms with Gasteiger partial charge in [0.15, 0.2) is 0 Å². The lowest BCUT2D eigenvalue weighted by atomic mass is 9.71. The van der Waals surface area contributed by atoms with Gasteiger partial charge in [-0.05, 0) is 59.2 Å². The minimum atomic E-state index is -0.419. The van der Waals surface area contributed by atoms with Crippen LogP contribution in [-0.4, -0.2) is 43.2 Å². The zero-order valence-electron chi connectivity index (χ0n) is 19.5. The number of anilines is 2. The molecule has 0 aromatic heterocycles. The van der Waals surface area contributed by atoms with Gasteiger partial charge in [0, 0.05) is 17.9 Å². The molecule has 5 rings (SSSR count). The van der Waals surface area contributed by atoms with Crippen molar-refractivity contribution in [3.63, 3.8) is 0 Å². The van der Waals surface area contributed by atoms with Crippen molar-refractivity contribution in [1.29, 1.82) is 0 Å². The van der Waals surface area contributed by atoms with Gasteiger partial charge in [-0.2, -0.15) is 0 Å². The minimum absolute atomic E-state index is 0.0181. The van der Waals surface area contributed by atoms with Gasteiger partial charge < -0.3 is 24.6 Å². The summed E-state index contributed by atoms with van der Waals surface area (Å²) in [5.74, 6) is 1.47. The SMILES string of the molecule is OCCOc1ccc(C2(c3ccc(OCCO)cc3)CN(c3ccccc3)c3ccccc32)cc1. The average molecular weight is 468 g/mol. The maximum absolute atomic E-state index is 9.11. The van der Waals surface area contributed by atoms with Crippen molar-refractivity contribution < 1.29 is 19.7 Å². The van der Waals surface area contributed by atoms with Crippen molar-refractivity contribution in [2.75, 3.05) is 37.9 Å². The van der Waals surface area contributed by atoms with E-state index >= 15 is 0 Å². The van der Waals surface area contributed by atoms with Crippen LogP contribution >= 0.6 is 0 Å². The highest BCUT2D eigenvalue weighted by molar-refractivity contribution is 5.77. The van der Waals surface area contributed by atoms with Gasteiger partial charge in [0.1, 0.15) is 24.7 Å². The summed E-state index contributed by atoms with van der Waals surface area (Å²) in [6.45, 7) is 1.24. The smallest absolute Gasteiger partial charge is 0.119 e. The van der Waals surface area contributed by atoms with Crippen LogP contribution < -0.4 is 14.4 Å². The van der Waals surface area contributed by atoms with Gasteiger partial charge in [0.2, 0.25) is 0 Å². The molecule has 0 bridgehead atoms. The van der Waals surface area contributed by atoms with E-state index in [9.17, 15) is 0 Å². The van der Waals surface area contributed by atoms with E-state index in [2.05, 4.69) is 77.7 Å². The third-order valence-electron chi connectivity index (χ3n) is 6.53. The van der Waals surface area contributed by atoms with Crippen LogP contribution in [0.5, 0.6) is 11.5 Å². The van der Waals surface area contributed by atoms with E-state index in [-0.39, 0.29) is 26.4 Å². The standard InChI is InChI=1S/C30H29NO4/c32-18-20-34-26-14-10-23(11-15-26)30(24-12-16-27(17-13-24)35-21-19-33)22-31(25-6-2-1-3-7-25)29-9-5-4-8-28(29)30/h1-17,32-33H,18-22H2. The molecule has 0 aliphatic carbocycles. The Balaban J connectivity index is 1.64. The van der Waals surface area contributed by atoms with Crippen LogP contribution in [0.2, 0.25) is 0 Å². The van der Waals surface area contributed by atoms with Crippen molar-refractivity contribution >= 4 is 11.4 Å². The summed E-state index contributed by atoms with van der Waals surface area (Å²) in [6.07, 6.45) is 0. The van der Waals surface area contributed by atoms with Crippen molar-refractivity contribution in [1.82, 2.24) is 0 Å². The molecule has 0 atom stereocenters. The third-order valence-corrected chi connectivity index (χ3v) is 6.53. The first-order chi connectivity index (χ1) is 17.3. The highest BCUT2D eigenvalue weighted by atomic mass is 16.5. The van der Waals surface area contributed by atoms with Gasteiger partial charge in [-0.1, -0.05) is 60.7 Å². The van der Waals surface area contributed by atoms with E-state index in [4.69, 9.17) is 19.7 Å². The fourth-order valence-electron chi connectivity index (χ4n) is 4.97. The number of benzene rings is 4. The van der Waals surface area contributed by atoms with Crippen molar-refractivity contribution in [3.05, 3.63) is 120 Å². The maximum atomic E-state index is 9.11. The molecule has 0 amide bonds. The summed E-state index contributed by atoms with van der Waals surface area (Å²) in [7, 11) is 0. The molecule has 1 aliphatic heterocycles. The van der Waals surface area contributed by atoms with Crippen LogP contribution in [0.1, 0.15) is 16.7 Å². The molecule has 5 nitrogen and oxygen atoms in total. The molecule has 2 N–H and O–H groups in total. The Bertz CT molecular complexity index is 1190.